The van der Waals surface area contributed by atoms with E-state index in [0.29, 0.717) is 16.0 Å². The van der Waals surface area contributed by atoms with Gasteiger partial charge in [-0.1, -0.05) is 24.0 Å². The molecule has 0 spiro atoms. The van der Waals surface area contributed by atoms with Crippen molar-refractivity contribution in [2.75, 3.05) is 6.26 Å². The number of carbonyl (C=O) groups is 1. The number of aryl methyl sites for hydroxylation is 2. The Hall–Kier alpha value is -3.30. The second kappa shape index (κ2) is 8.38. The van der Waals surface area contributed by atoms with Crippen molar-refractivity contribution in [3.63, 3.8) is 0 Å². The molecule has 0 bridgehead atoms. The minimum absolute atomic E-state index is 0.190. The highest BCUT2D eigenvalue weighted by molar-refractivity contribution is 7.93. The molecule has 0 saturated carbocycles. The lowest BCUT2D eigenvalue weighted by atomic mass is 10.1. The second-order valence-electron chi connectivity index (χ2n) is 6.75. The molecule has 0 aliphatic carbocycles. The van der Waals surface area contributed by atoms with E-state index in [1.54, 1.807) is 24.3 Å². The summed E-state index contributed by atoms with van der Waals surface area (Å²) in [6, 6.07) is 12.9. The molecule has 3 rings (SSSR count). The number of carbonyl (C=O) groups excluding carboxylic acids is 1. The van der Waals surface area contributed by atoms with Crippen LogP contribution >= 0.6 is 0 Å². The summed E-state index contributed by atoms with van der Waals surface area (Å²) in [4.78, 5) is 17.1. The highest BCUT2D eigenvalue weighted by Crippen LogP contribution is 2.17. The number of halogens is 1. The maximum Gasteiger partial charge on any atom is 0.286 e. The monoisotopic (exact) mass is 406 g/mol. The van der Waals surface area contributed by atoms with E-state index in [9.17, 15) is 13.4 Å². The molecule has 0 aliphatic rings. The van der Waals surface area contributed by atoms with E-state index in [4.69, 9.17) is 0 Å². The summed E-state index contributed by atoms with van der Waals surface area (Å²) in [5, 5.41) is 0. The van der Waals surface area contributed by atoms with Crippen molar-refractivity contribution in [2.45, 2.75) is 18.7 Å². The Balaban J connectivity index is 1.91. The molecule has 2 aromatic carbocycles. The average molecular weight is 406 g/mol. The Morgan fingerprint density at radius 3 is 2.38 bits per heavy atom. The molecule has 0 aliphatic heterocycles. The van der Waals surface area contributed by atoms with Gasteiger partial charge in [0, 0.05) is 34.7 Å². The Morgan fingerprint density at radius 1 is 1.00 bits per heavy atom. The summed E-state index contributed by atoms with van der Waals surface area (Å²) in [6.45, 7) is 3.80. The topological polar surface area (TPSA) is 59.4 Å². The van der Waals surface area contributed by atoms with Gasteiger partial charge in [0.1, 0.15) is 5.82 Å². The first-order chi connectivity index (χ1) is 13.7. The molecular formula is C23H19FN2O2S. The van der Waals surface area contributed by atoms with Crippen molar-refractivity contribution in [2.24, 2.45) is 4.36 Å². The van der Waals surface area contributed by atoms with Crippen molar-refractivity contribution in [1.82, 2.24) is 4.98 Å². The first-order valence-corrected chi connectivity index (χ1v) is 10.7. The SMILES string of the molecule is Cc1cc(C)cc(S(C)(=O)=NC(=O)c2cncc(C#Cc3cccc(F)c3)c2)c1. The van der Waals surface area contributed by atoms with Gasteiger partial charge in [-0.15, -0.1) is 0 Å². The summed E-state index contributed by atoms with van der Waals surface area (Å²) in [5.41, 5.74) is 3.08. The van der Waals surface area contributed by atoms with Crippen molar-refractivity contribution >= 4 is 15.6 Å². The Labute approximate surface area is 170 Å². The molecule has 1 unspecified atom stereocenters. The minimum Gasteiger partial charge on any atom is -0.266 e. The molecule has 1 atom stereocenters. The third kappa shape index (κ3) is 5.37. The number of benzene rings is 2. The molecule has 6 heteroatoms. The predicted octanol–water partition coefficient (Wildman–Crippen LogP) is 4.53. The zero-order valence-electron chi connectivity index (χ0n) is 16.3. The zero-order valence-corrected chi connectivity index (χ0v) is 17.1. The highest BCUT2D eigenvalue weighted by atomic mass is 32.2. The van der Waals surface area contributed by atoms with Gasteiger partial charge >= 0.3 is 0 Å². The van der Waals surface area contributed by atoms with Gasteiger partial charge in [-0.05, 0) is 61.4 Å². The molecule has 1 heterocycles. The number of hydrogen-bond acceptors (Lipinski definition) is 3. The van der Waals surface area contributed by atoms with Crippen LogP contribution in [0, 0.1) is 31.5 Å². The van der Waals surface area contributed by atoms with Gasteiger partial charge in [-0.2, -0.15) is 4.36 Å². The van der Waals surface area contributed by atoms with Crippen LogP contribution < -0.4 is 0 Å². The molecule has 4 nitrogen and oxygen atoms in total. The molecular weight excluding hydrogens is 387 g/mol. The smallest absolute Gasteiger partial charge is 0.266 e. The normalized spacial score (nSPS) is 12.4. The van der Waals surface area contributed by atoms with Gasteiger partial charge in [0.15, 0.2) is 0 Å². The van der Waals surface area contributed by atoms with Gasteiger partial charge in [0.2, 0.25) is 0 Å². The van der Waals surface area contributed by atoms with Crippen molar-refractivity contribution in [1.29, 1.82) is 0 Å². The first-order valence-electron chi connectivity index (χ1n) is 8.80. The van der Waals surface area contributed by atoms with Crippen LogP contribution in [0.15, 0.2) is 70.2 Å². The summed E-state index contributed by atoms with van der Waals surface area (Å²) in [5.74, 6) is 4.67. The minimum atomic E-state index is -2.91. The molecule has 1 aromatic heterocycles. The molecule has 29 heavy (non-hydrogen) atoms. The molecule has 3 aromatic rings. The van der Waals surface area contributed by atoms with E-state index in [0.717, 1.165) is 11.1 Å². The molecule has 0 N–H and O–H groups in total. The fourth-order valence-electron chi connectivity index (χ4n) is 2.75. The van der Waals surface area contributed by atoms with Crippen LogP contribution in [0.4, 0.5) is 4.39 Å². The standard InChI is InChI=1S/C23H19FN2O2S/c1-16-9-17(2)11-22(10-16)29(3,28)26-23(27)20-12-19(14-25-15-20)8-7-18-5-4-6-21(24)13-18/h4-6,9-15H,1-3H3. The van der Waals surface area contributed by atoms with E-state index in [-0.39, 0.29) is 11.4 Å². The zero-order chi connectivity index (χ0) is 21.0. The fourth-order valence-corrected chi connectivity index (χ4v) is 4.09. The number of pyridine rings is 1. The van der Waals surface area contributed by atoms with E-state index < -0.39 is 15.6 Å². The van der Waals surface area contributed by atoms with E-state index >= 15 is 0 Å². The van der Waals surface area contributed by atoms with Gasteiger partial charge < -0.3 is 0 Å². The lowest BCUT2D eigenvalue weighted by Crippen LogP contribution is -2.05. The van der Waals surface area contributed by atoms with Crippen LogP contribution in [-0.4, -0.2) is 21.4 Å². The summed E-state index contributed by atoms with van der Waals surface area (Å²) >= 11 is 0. The lowest BCUT2D eigenvalue weighted by Gasteiger charge is -2.07. The van der Waals surface area contributed by atoms with E-state index in [2.05, 4.69) is 21.2 Å². The fraction of sp³-hybridized carbons (Fsp3) is 0.130. The Morgan fingerprint density at radius 2 is 1.69 bits per heavy atom. The summed E-state index contributed by atoms with van der Waals surface area (Å²) in [7, 11) is -2.91. The number of aromatic nitrogens is 1. The number of amides is 1. The second-order valence-corrected chi connectivity index (χ2v) is 9.00. The number of rotatable bonds is 2. The van der Waals surface area contributed by atoms with Crippen LogP contribution in [0.1, 0.15) is 32.6 Å². The van der Waals surface area contributed by atoms with E-state index in [1.165, 1.54) is 36.8 Å². The average Bonchev–Trinajstić information content (AvgIpc) is 2.65. The van der Waals surface area contributed by atoms with Gasteiger partial charge in [-0.25, -0.2) is 8.60 Å². The Kier molecular flexibility index (Phi) is 5.90. The summed E-state index contributed by atoms with van der Waals surface area (Å²) in [6.07, 6.45) is 4.30. The number of hydrogen-bond donors (Lipinski definition) is 0. The van der Waals surface area contributed by atoms with Gasteiger partial charge in [-0.3, -0.25) is 9.78 Å². The third-order valence-electron chi connectivity index (χ3n) is 4.05. The van der Waals surface area contributed by atoms with Crippen LogP contribution in [-0.2, 0) is 9.73 Å². The molecule has 1 amide bonds. The Bertz CT molecular complexity index is 1260. The van der Waals surface area contributed by atoms with Gasteiger partial charge in [0.05, 0.1) is 15.3 Å². The van der Waals surface area contributed by atoms with Crippen molar-refractivity contribution in [3.8, 4) is 11.8 Å². The molecule has 146 valence electrons. The van der Waals surface area contributed by atoms with Crippen molar-refractivity contribution in [3.05, 3.63) is 94.6 Å². The maximum absolute atomic E-state index is 13.2. The molecule has 0 fully saturated rings. The van der Waals surface area contributed by atoms with Crippen LogP contribution in [0.3, 0.4) is 0 Å². The summed E-state index contributed by atoms with van der Waals surface area (Å²) < 4.78 is 30.2. The lowest BCUT2D eigenvalue weighted by molar-refractivity contribution is 0.100. The largest absolute Gasteiger partial charge is 0.286 e. The molecule has 0 radical (unpaired) electrons. The molecule has 0 saturated heterocycles. The third-order valence-corrected chi connectivity index (χ3v) is 5.68. The quantitative estimate of drug-likeness (QED) is 0.587. The van der Waals surface area contributed by atoms with Gasteiger partial charge in [0.25, 0.3) is 5.91 Å². The van der Waals surface area contributed by atoms with E-state index in [1.807, 2.05) is 19.9 Å². The van der Waals surface area contributed by atoms with Crippen LogP contribution in [0.5, 0.6) is 0 Å². The predicted molar refractivity (Wildman–Crippen MR) is 112 cm³/mol. The van der Waals surface area contributed by atoms with Crippen LogP contribution in [0.2, 0.25) is 0 Å². The highest BCUT2D eigenvalue weighted by Gasteiger charge is 2.13. The first kappa shape index (κ1) is 20.4. The van der Waals surface area contributed by atoms with Crippen LogP contribution in [0.25, 0.3) is 0 Å². The van der Waals surface area contributed by atoms with Crippen molar-refractivity contribution < 1.29 is 13.4 Å². The number of nitrogens with zero attached hydrogens (tertiary/aromatic N) is 2. The maximum atomic E-state index is 13.2.